The van der Waals surface area contributed by atoms with Crippen LogP contribution in [0.3, 0.4) is 0 Å². The molecule has 0 spiro atoms. The molecule has 0 bridgehead atoms. The second kappa shape index (κ2) is 16.4. The summed E-state index contributed by atoms with van der Waals surface area (Å²) >= 11 is 4.20. The zero-order valence-corrected chi connectivity index (χ0v) is 13.8. The smallest absolute Gasteiger partial charge is 0 e. The maximum atomic E-state index is 4.20. The van der Waals surface area contributed by atoms with Crippen LogP contribution in [0.4, 0.5) is 0 Å². The van der Waals surface area contributed by atoms with Crippen LogP contribution >= 0.6 is 12.6 Å². The normalized spacial score (nSPS) is 9.86. The Kier molecular flexibility index (Phi) is 20.4. The van der Waals surface area contributed by atoms with Gasteiger partial charge in [0.1, 0.15) is 0 Å². The summed E-state index contributed by atoms with van der Waals surface area (Å²) in [5, 5.41) is 0. The van der Waals surface area contributed by atoms with Gasteiger partial charge in [-0.05, 0) is 12.2 Å². The van der Waals surface area contributed by atoms with E-state index in [1.807, 2.05) is 0 Å². The van der Waals surface area contributed by atoms with Gasteiger partial charge in [0, 0.05) is 19.5 Å². The van der Waals surface area contributed by atoms with Crippen molar-refractivity contribution in [2.24, 2.45) is 0 Å². The third-order valence-electron chi connectivity index (χ3n) is 2.51. The number of thiol groups is 1. The molecule has 0 aromatic heterocycles. The Morgan fingerprint density at radius 2 is 1.00 bits per heavy atom. The van der Waals surface area contributed by atoms with Crippen molar-refractivity contribution in [1.29, 1.82) is 0 Å². The maximum Gasteiger partial charge on any atom is 0 e. The van der Waals surface area contributed by atoms with E-state index < -0.39 is 0 Å². The second-order valence-corrected chi connectivity index (χ2v) is 4.35. The molecular formula is C12H26SZn. The molecule has 0 fully saturated rings. The topological polar surface area (TPSA) is 0 Å². The summed E-state index contributed by atoms with van der Waals surface area (Å²) < 4.78 is 0. The quantitative estimate of drug-likeness (QED) is 0.327. The van der Waals surface area contributed by atoms with Crippen LogP contribution in [-0.2, 0) is 19.5 Å². The standard InChI is InChI=1S/C12H26S.Zn/c1-2-3-4-5-6-7-8-9-10-11-12-13;/h13H,2-12H2,1H3;. The summed E-state index contributed by atoms with van der Waals surface area (Å²) in [6.07, 6.45) is 14.2. The maximum absolute atomic E-state index is 4.20. The summed E-state index contributed by atoms with van der Waals surface area (Å²) in [6, 6.07) is 0. The van der Waals surface area contributed by atoms with Crippen molar-refractivity contribution in [3.63, 3.8) is 0 Å². The molecule has 14 heavy (non-hydrogen) atoms. The first-order chi connectivity index (χ1) is 6.41. The Balaban J connectivity index is 0. The summed E-state index contributed by atoms with van der Waals surface area (Å²) in [6.45, 7) is 2.28. The Morgan fingerprint density at radius 1 is 0.643 bits per heavy atom. The van der Waals surface area contributed by atoms with Gasteiger partial charge in [0.05, 0.1) is 0 Å². The molecule has 0 aromatic carbocycles. The fraction of sp³-hybridized carbons (Fsp3) is 1.00. The van der Waals surface area contributed by atoms with E-state index in [2.05, 4.69) is 19.6 Å². The fourth-order valence-electron chi connectivity index (χ4n) is 1.60. The summed E-state index contributed by atoms with van der Waals surface area (Å²) in [5.41, 5.74) is 0. The average Bonchev–Trinajstić information content (AvgIpc) is 2.16. The van der Waals surface area contributed by atoms with E-state index in [0.29, 0.717) is 0 Å². The number of rotatable bonds is 10. The summed E-state index contributed by atoms with van der Waals surface area (Å²) in [4.78, 5) is 0. The zero-order chi connectivity index (χ0) is 9.78. The van der Waals surface area contributed by atoms with Crippen LogP contribution < -0.4 is 0 Å². The van der Waals surface area contributed by atoms with E-state index in [4.69, 9.17) is 0 Å². The average molecular weight is 268 g/mol. The van der Waals surface area contributed by atoms with Crippen LogP contribution in [0, 0.1) is 0 Å². The molecular weight excluding hydrogens is 242 g/mol. The van der Waals surface area contributed by atoms with Crippen LogP contribution in [0.25, 0.3) is 0 Å². The van der Waals surface area contributed by atoms with E-state index in [9.17, 15) is 0 Å². The van der Waals surface area contributed by atoms with E-state index in [-0.39, 0.29) is 19.5 Å². The van der Waals surface area contributed by atoms with Gasteiger partial charge in [0.25, 0.3) is 0 Å². The van der Waals surface area contributed by atoms with Crippen molar-refractivity contribution < 1.29 is 19.5 Å². The van der Waals surface area contributed by atoms with E-state index in [1.54, 1.807) is 0 Å². The number of hydrogen-bond acceptors (Lipinski definition) is 1. The van der Waals surface area contributed by atoms with Gasteiger partial charge in [-0.25, -0.2) is 0 Å². The van der Waals surface area contributed by atoms with E-state index in [0.717, 1.165) is 5.75 Å². The second-order valence-electron chi connectivity index (χ2n) is 3.91. The van der Waals surface area contributed by atoms with Gasteiger partial charge in [0.15, 0.2) is 0 Å². The third kappa shape index (κ3) is 15.4. The zero-order valence-electron chi connectivity index (χ0n) is 9.93. The van der Waals surface area contributed by atoms with Crippen molar-refractivity contribution in [3.8, 4) is 0 Å². The minimum Gasteiger partial charge on any atom is -0.179 e. The molecule has 0 saturated carbocycles. The number of unbranched alkanes of at least 4 members (excludes halogenated alkanes) is 9. The van der Waals surface area contributed by atoms with Crippen LogP contribution in [0.2, 0.25) is 0 Å². The molecule has 0 rings (SSSR count). The molecule has 0 saturated heterocycles. The molecule has 0 radical (unpaired) electrons. The van der Waals surface area contributed by atoms with Crippen molar-refractivity contribution >= 4 is 12.6 Å². The monoisotopic (exact) mass is 266 g/mol. The minimum atomic E-state index is 0. The van der Waals surface area contributed by atoms with Crippen molar-refractivity contribution in [2.45, 2.75) is 71.1 Å². The Labute approximate surface area is 109 Å². The van der Waals surface area contributed by atoms with E-state index in [1.165, 1.54) is 64.2 Å². The van der Waals surface area contributed by atoms with Crippen molar-refractivity contribution in [1.82, 2.24) is 0 Å². The first-order valence-corrected chi connectivity index (χ1v) is 6.66. The molecule has 82 valence electrons. The van der Waals surface area contributed by atoms with Gasteiger partial charge >= 0.3 is 0 Å². The molecule has 0 N–H and O–H groups in total. The first-order valence-electron chi connectivity index (χ1n) is 6.02. The fourth-order valence-corrected chi connectivity index (χ4v) is 1.82. The Bertz CT molecular complexity index is 76.4. The van der Waals surface area contributed by atoms with Gasteiger partial charge in [0.2, 0.25) is 0 Å². The molecule has 2 heteroatoms. The SMILES string of the molecule is CCCCCCCCCCCCS.[Zn]. The molecule has 0 unspecified atom stereocenters. The van der Waals surface area contributed by atoms with Gasteiger partial charge < -0.3 is 0 Å². The third-order valence-corrected chi connectivity index (χ3v) is 2.83. The molecule has 0 amide bonds. The Hall–Kier alpha value is 0.973. The molecule has 0 heterocycles. The van der Waals surface area contributed by atoms with Gasteiger partial charge in [-0.2, -0.15) is 12.6 Å². The molecule has 0 aliphatic carbocycles. The van der Waals surface area contributed by atoms with Gasteiger partial charge in [-0.15, -0.1) is 0 Å². The minimum absolute atomic E-state index is 0. The molecule has 0 aromatic rings. The summed E-state index contributed by atoms with van der Waals surface area (Å²) in [7, 11) is 0. The van der Waals surface area contributed by atoms with Gasteiger partial charge in [-0.1, -0.05) is 64.7 Å². The number of hydrogen-bond donors (Lipinski definition) is 1. The van der Waals surface area contributed by atoms with Crippen molar-refractivity contribution in [2.75, 3.05) is 5.75 Å². The predicted octanol–water partition coefficient (Wildman–Crippen LogP) is 4.83. The molecule has 0 nitrogen and oxygen atoms in total. The largest absolute Gasteiger partial charge is 0.179 e. The molecule has 0 aliphatic heterocycles. The molecule has 0 aliphatic rings. The van der Waals surface area contributed by atoms with Crippen LogP contribution in [0.1, 0.15) is 71.1 Å². The first kappa shape index (κ1) is 17.4. The van der Waals surface area contributed by atoms with Crippen LogP contribution in [-0.4, -0.2) is 5.75 Å². The summed E-state index contributed by atoms with van der Waals surface area (Å²) in [5.74, 6) is 1.07. The Morgan fingerprint density at radius 3 is 1.36 bits per heavy atom. The van der Waals surface area contributed by atoms with Gasteiger partial charge in [-0.3, -0.25) is 0 Å². The van der Waals surface area contributed by atoms with Crippen LogP contribution in [0.5, 0.6) is 0 Å². The molecule has 0 atom stereocenters. The van der Waals surface area contributed by atoms with Crippen LogP contribution in [0.15, 0.2) is 0 Å². The van der Waals surface area contributed by atoms with E-state index >= 15 is 0 Å². The van der Waals surface area contributed by atoms with Crippen molar-refractivity contribution in [3.05, 3.63) is 0 Å². The predicted molar refractivity (Wildman–Crippen MR) is 65.7 cm³/mol.